The van der Waals surface area contributed by atoms with Crippen LogP contribution in [-0.4, -0.2) is 12.4 Å². The van der Waals surface area contributed by atoms with Gasteiger partial charge in [-0.25, -0.2) is 0 Å². The number of allylic oxidation sites excluding steroid dienone is 8. The number of ether oxygens (including phenoxy) is 1. The molecule has 0 saturated heterocycles. The summed E-state index contributed by atoms with van der Waals surface area (Å²) in [6, 6.07) is 6.06. The van der Waals surface area contributed by atoms with Gasteiger partial charge in [0.15, 0.2) is 5.78 Å². The number of ketones is 1. The molecule has 1 aliphatic carbocycles. The van der Waals surface area contributed by atoms with Crippen molar-refractivity contribution in [2.45, 2.75) is 51.9 Å². The van der Waals surface area contributed by atoms with Crippen molar-refractivity contribution in [3.8, 4) is 5.75 Å². The first-order chi connectivity index (χ1) is 13.7. The standard InChI is InChI=1S/C26H32O2/c1-3-4-5-6-10-15-25(27)18-16-24-17-19-26(22(2)21-24)28-20-11-14-23-12-8-7-9-13-23/h3-6,10,12,16-19,21H,1,7-9,11,13-15,20H2,2H3/b5-4-,10-6-,18-16+. The Kier molecular flexibility index (Phi) is 9.85. The lowest BCUT2D eigenvalue weighted by Crippen LogP contribution is -2.01. The van der Waals surface area contributed by atoms with E-state index in [4.69, 9.17) is 4.74 Å². The van der Waals surface area contributed by atoms with E-state index in [1.807, 2.05) is 49.4 Å². The van der Waals surface area contributed by atoms with Crippen molar-refractivity contribution in [1.82, 2.24) is 0 Å². The minimum Gasteiger partial charge on any atom is -0.493 e. The zero-order valence-corrected chi connectivity index (χ0v) is 17.0. The van der Waals surface area contributed by atoms with Gasteiger partial charge >= 0.3 is 0 Å². The fourth-order valence-electron chi connectivity index (χ4n) is 3.21. The van der Waals surface area contributed by atoms with Gasteiger partial charge in [0.2, 0.25) is 0 Å². The maximum Gasteiger partial charge on any atom is 0.159 e. The van der Waals surface area contributed by atoms with E-state index in [1.165, 1.54) is 25.7 Å². The van der Waals surface area contributed by atoms with Gasteiger partial charge in [-0.3, -0.25) is 4.79 Å². The molecule has 0 saturated carbocycles. The first kappa shape index (κ1) is 21.7. The highest BCUT2D eigenvalue weighted by Crippen LogP contribution is 2.23. The summed E-state index contributed by atoms with van der Waals surface area (Å²) in [5.74, 6) is 1.01. The molecule has 0 radical (unpaired) electrons. The van der Waals surface area contributed by atoms with E-state index < -0.39 is 0 Å². The highest BCUT2D eigenvalue weighted by Gasteiger charge is 2.04. The van der Waals surface area contributed by atoms with Crippen LogP contribution in [0.5, 0.6) is 5.75 Å². The summed E-state index contributed by atoms with van der Waals surface area (Å²) in [5.41, 5.74) is 3.71. The number of rotatable bonds is 11. The molecule has 1 aromatic rings. The molecule has 2 nitrogen and oxygen atoms in total. The van der Waals surface area contributed by atoms with Gasteiger partial charge in [0.1, 0.15) is 5.75 Å². The van der Waals surface area contributed by atoms with Crippen LogP contribution < -0.4 is 4.74 Å². The zero-order valence-electron chi connectivity index (χ0n) is 17.0. The van der Waals surface area contributed by atoms with E-state index >= 15 is 0 Å². The van der Waals surface area contributed by atoms with Crippen LogP contribution in [0.4, 0.5) is 0 Å². The molecule has 0 aliphatic heterocycles. The Morgan fingerprint density at radius 2 is 2.11 bits per heavy atom. The Bertz CT molecular complexity index is 763. The average Bonchev–Trinajstić information content (AvgIpc) is 2.71. The molecule has 2 heteroatoms. The number of hydrogen-bond donors (Lipinski definition) is 0. The molecule has 0 unspecified atom stereocenters. The largest absolute Gasteiger partial charge is 0.493 e. The number of carbonyl (C=O) groups excluding carboxylic acids is 1. The average molecular weight is 377 g/mol. The molecular weight excluding hydrogens is 344 g/mol. The van der Waals surface area contributed by atoms with Crippen molar-refractivity contribution >= 4 is 11.9 Å². The summed E-state index contributed by atoms with van der Waals surface area (Å²) >= 11 is 0. The zero-order chi connectivity index (χ0) is 20.0. The molecule has 1 aromatic carbocycles. The third kappa shape index (κ3) is 8.39. The molecule has 0 bridgehead atoms. The second-order valence-corrected chi connectivity index (χ2v) is 7.14. The normalized spacial score (nSPS) is 14.7. The van der Waals surface area contributed by atoms with Gasteiger partial charge in [0.05, 0.1) is 6.61 Å². The van der Waals surface area contributed by atoms with E-state index in [2.05, 4.69) is 18.7 Å². The molecule has 0 atom stereocenters. The molecule has 0 amide bonds. The van der Waals surface area contributed by atoms with Gasteiger partial charge in [-0.15, -0.1) is 0 Å². The Morgan fingerprint density at radius 3 is 2.86 bits per heavy atom. The summed E-state index contributed by atoms with van der Waals surface area (Å²) in [7, 11) is 0. The van der Waals surface area contributed by atoms with Gasteiger partial charge in [-0.05, 0) is 74.8 Å². The molecule has 0 N–H and O–H groups in total. The molecule has 1 aliphatic rings. The van der Waals surface area contributed by atoms with Crippen LogP contribution in [0.3, 0.4) is 0 Å². The van der Waals surface area contributed by atoms with Crippen LogP contribution in [-0.2, 0) is 4.79 Å². The van der Waals surface area contributed by atoms with Crippen LogP contribution in [0.25, 0.3) is 6.08 Å². The third-order valence-corrected chi connectivity index (χ3v) is 4.76. The van der Waals surface area contributed by atoms with Crippen molar-refractivity contribution in [3.05, 3.63) is 84.0 Å². The summed E-state index contributed by atoms with van der Waals surface area (Å²) in [6.07, 6.45) is 22.8. The van der Waals surface area contributed by atoms with Gasteiger partial charge < -0.3 is 4.74 Å². The van der Waals surface area contributed by atoms with Crippen molar-refractivity contribution in [2.24, 2.45) is 0 Å². The number of carbonyl (C=O) groups is 1. The molecule has 28 heavy (non-hydrogen) atoms. The lowest BCUT2D eigenvalue weighted by atomic mass is 9.96. The second kappa shape index (κ2) is 12.7. The fourth-order valence-corrected chi connectivity index (χ4v) is 3.21. The van der Waals surface area contributed by atoms with Crippen LogP contribution in [0.2, 0.25) is 0 Å². The predicted octanol–water partition coefficient (Wildman–Crippen LogP) is 6.93. The predicted molar refractivity (Wildman–Crippen MR) is 120 cm³/mol. The number of aryl methyl sites for hydroxylation is 1. The molecule has 0 aromatic heterocycles. The molecule has 0 heterocycles. The SMILES string of the molecule is C=C/C=C\C=C/CC(=O)/C=C/c1ccc(OCCCC2=CCCCC2)c(C)c1. The van der Waals surface area contributed by atoms with Crippen LogP contribution in [0, 0.1) is 6.92 Å². The minimum atomic E-state index is 0.0817. The molecule has 0 fully saturated rings. The monoisotopic (exact) mass is 376 g/mol. The Balaban J connectivity index is 1.76. The van der Waals surface area contributed by atoms with E-state index in [0.29, 0.717) is 6.42 Å². The van der Waals surface area contributed by atoms with Gasteiger partial charge in [-0.1, -0.05) is 60.8 Å². The maximum atomic E-state index is 11.9. The number of hydrogen-bond acceptors (Lipinski definition) is 2. The van der Waals surface area contributed by atoms with Crippen LogP contribution >= 0.6 is 0 Å². The highest BCUT2D eigenvalue weighted by molar-refractivity contribution is 5.94. The quantitative estimate of drug-likeness (QED) is 0.181. The Morgan fingerprint density at radius 1 is 1.21 bits per heavy atom. The van der Waals surface area contributed by atoms with Gasteiger partial charge in [0.25, 0.3) is 0 Å². The smallest absolute Gasteiger partial charge is 0.159 e. The molecule has 0 spiro atoms. The van der Waals surface area contributed by atoms with E-state index in [0.717, 1.165) is 36.3 Å². The Labute approximate surface area is 170 Å². The molecule has 2 rings (SSSR count). The summed E-state index contributed by atoms with van der Waals surface area (Å²) in [6.45, 7) is 6.40. The first-order valence-electron chi connectivity index (χ1n) is 10.3. The van der Waals surface area contributed by atoms with Crippen molar-refractivity contribution in [2.75, 3.05) is 6.61 Å². The molecular formula is C26H32O2. The number of benzene rings is 1. The van der Waals surface area contributed by atoms with Crippen LogP contribution in [0.15, 0.2) is 72.9 Å². The van der Waals surface area contributed by atoms with E-state index in [-0.39, 0.29) is 5.78 Å². The van der Waals surface area contributed by atoms with Crippen LogP contribution in [0.1, 0.15) is 56.1 Å². The Hall–Kier alpha value is -2.61. The minimum absolute atomic E-state index is 0.0817. The lowest BCUT2D eigenvalue weighted by molar-refractivity contribution is -0.113. The van der Waals surface area contributed by atoms with Crippen molar-refractivity contribution in [1.29, 1.82) is 0 Å². The van der Waals surface area contributed by atoms with Gasteiger partial charge in [-0.2, -0.15) is 0 Å². The topological polar surface area (TPSA) is 26.3 Å². The van der Waals surface area contributed by atoms with Crippen molar-refractivity contribution < 1.29 is 9.53 Å². The van der Waals surface area contributed by atoms with Crippen molar-refractivity contribution in [3.63, 3.8) is 0 Å². The highest BCUT2D eigenvalue weighted by atomic mass is 16.5. The summed E-state index contributed by atoms with van der Waals surface area (Å²) in [5, 5.41) is 0. The second-order valence-electron chi connectivity index (χ2n) is 7.14. The van der Waals surface area contributed by atoms with E-state index in [9.17, 15) is 4.79 Å². The maximum absolute atomic E-state index is 11.9. The summed E-state index contributed by atoms with van der Waals surface area (Å²) in [4.78, 5) is 11.9. The summed E-state index contributed by atoms with van der Waals surface area (Å²) < 4.78 is 5.95. The van der Waals surface area contributed by atoms with Gasteiger partial charge in [0, 0.05) is 6.42 Å². The first-order valence-corrected chi connectivity index (χ1v) is 10.3. The molecule has 148 valence electrons. The van der Waals surface area contributed by atoms with E-state index in [1.54, 1.807) is 17.7 Å². The lowest BCUT2D eigenvalue weighted by Gasteiger charge is -2.13. The fraction of sp³-hybridized carbons (Fsp3) is 0.346. The third-order valence-electron chi connectivity index (χ3n) is 4.76.